The van der Waals surface area contributed by atoms with E-state index in [1.54, 1.807) is 22.6 Å². The van der Waals surface area contributed by atoms with Gasteiger partial charge in [0, 0.05) is 16.7 Å². The summed E-state index contributed by atoms with van der Waals surface area (Å²) < 4.78 is 22.5. The van der Waals surface area contributed by atoms with E-state index in [1.807, 2.05) is 0 Å². The second-order valence-corrected chi connectivity index (χ2v) is 6.46. The highest BCUT2D eigenvalue weighted by atomic mass is 127. The zero-order valence-electron chi connectivity index (χ0n) is 7.40. The number of nitro benzene ring substituents is 1. The Morgan fingerprint density at radius 3 is 2.40 bits per heavy atom. The Labute approximate surface area is 104 Å². The summed E-state index contributed by atoms with van der Waals surface area (Å²) in [6.45, 7) is 1.53. The smallest absolute Gasteiger partial charge is 0.258 e. The molecule has 0 N–H and O–H groups in total. The summed E-state index contributed by atoms with van der Waals surface area (Å²) in [6, 6.07) is 2.38. The highest BCUT2D eigenvalue weighted by Crippen LogP contribution is 2.29. The van der Waals surface area contributed by atoms with Gasteiger partial charge in [0.05, 0.1) is 13.4 Å². The Balaban J connectivity index is 3.58. The average Bonchev–Trinajstić information content (AvgIpc) is 2.00. The predicted octanol–water partition coefficient (Wildman–Crippen LogP) is 2.44. The van der Waals surface area contributed by atoms with Crippen LogP contribution in [0.1, 0.15) is 5.56 Å². The second kappa shape index (κ2) is 4.22. The summed E-state index contributed by atoms with van der Waals surface area (Å²) in [5.74, 6) is 0. The monoisotopic (exact) mass is 361 g/mol. The summed E-state index contributed by atoms with van der Waals surface area (Å²) in [5, 5.41) is 10.6. The van der Waals surface area contributed by atoms with Crippen LogP contribution in [-0.2, 0) is 9.05 Å². The van der Waals surface area contributed by atoms with E-state index in [1.165, 1.54) is 13.0 Å². The third kappa shape index (κ3) is 2.79. The average molecular weight is 362 g/mol. The summed E-state index contributed by atoms with van der Waals surface area (Å²) >= 11 is 1.77. The molecule has 0 aliphatic rings. The molecule has 0 atom stereocenters. The summed E-state index contributed by atoms with van der Waals surface area (Å²) in [5.41, 5.74) is 0.125. The summed E-state index contributed by atoms with van der Waals surface area (Å²) in [6.07, 6.45) is 0. The molecule has 0 unspecified atom stereocenters. The lowest BCUT2D eigenvalue weighted by molar-refractivity contribution is -0.386. The Hall–Kier alpha value is -0.410. The van der Waals surface area contributed by atoms with Crippen LogP contribution in [0.3, 0.4) is 0 Å². The van der Waals surface area contributed by atoms with Crippen molar-refractivity contribution < 1.29 is 13.3 Å². The lowest BCUT2D eigenvalue weighted by Gasteiger charge is -2.03. The first-order valence-corrected chi connectivity index (χ1v) is 7.01. The maximum atomic E-state index is 11.1. The van der Waals surface area contributed by atoms with Crippen LogP contribution < -0.4 is 0 Å². The Morgan fingerprint density at radius 1 is 1.47 bits per heavy atom. The molecule has 0 aliphatic carbocycles. The van der Waals surface area contributed by atoms with Crippen LogP contribution in [0.25, 0.3) is 0 Å². The molecule has 0 aliphatic heterocycles. The minimum atomic E-state index is -3.94. The fourth-order valence-electron chi connectivity index (χ4n) is 1.04. The number of rotatable bonds is 2. The van der Waals surface area contributed by atoms with Crippen molar-refractivity contribution in [1.29, 1.82) is 0 Å². The van der Waals surface area contributed by atoms with Gasteiger partial charge in [-0.05, 0) is 41.1 Å². The number of aryl methyl sites for hydroxylation is 1. The van der Waals surface area contributed by atoms with Crippen LogP contribution in [0.4, 0.5) is 5.69 Å². The van der Waals surface area contributed by atoms with E-state index in [9.17, 15) is 18.5 Å². The molecular weight excluding hydrogens is 357 g/mol. The fraction of sp³-hybridized carbons (Fsp3) is 0.143. The predicted molar refractivity (Wildman–Crippen MR) is 63.6 cm³/mol. The van der Waals surface area contributed by atoms with E-state index in [-0.39, 0.29) is 10.6 Å². The van der Waals surface area contributed by atoms with Crippen molar-refractivity contribution in [3.8, 4) is 0 Å². The maximum absolute atomic E-state index is 11.1. The van der Waals surface area contributed by atoms with Crippen molar-refractivity contribution in [2.75, 3.05) is 0 Å². The van der Waals surface area contributed by atoms with Gasteiger partial charge >= 0.3 is 0 Å². The standard InChI is InChI=1S/C7H5ClINO4S/c1-4-2-5(9)6(10(11)12)3-7(4)15(8,13)14/h2-3H,1H3. The maximum Gasteiger partial charge on any atom is 0.284 e. The molecule has 0 aromatic heterocycles. The van der Waals surface area contributed by atoms with Gasteiger partial charge in [-0.15, -0.1) is 0 Å². The molecule has 1 rings (SSSR count). The molecule has 0 bridgehead atoms. The molecule has 0 saturated carbocycles. The Bertz CT molecular complexity index is 528. The molecule has 0 radical (unpaired) electrons. The minimum absolute atomic E-state index is 0.226. The van der Waals surface area contributed by atoms with Gasteiger partial charge in [-0.2, -0.15) is 0 Å². The number of halogens is 2. The van der Waals surface area contributed by atoms with Gasteiger partial charge in [0.1, 0.15) is 0 Å². The molecule has 1 aromatic rings. The molecule has 0 spiro atoms. The first-order chi connectivity index (χ1) is 6.73. The zero-order chi connectivity index (χ0) is 11.8. The molecule has 0 heterocycles. The van der Waals surface area contributed by atoms with Gasteiger partial charge in [0.2, 0.25) is 0 Å². The molecule has 0 saturated heterocycles. The second-order valence-electron chi connectivity index (χ2n) is 2.76. The third-order valence-corrected chi connectivity index (χ3v) is 4.03. The van der Waals surface area contributed by atoms with E-state index >= 15 is 0 Å². The number of hydrogen-bond acceptors (Lipinski definition) is 4. The first-order valence-electron chi connectivity index (χ1n) is 3.62. The fourth-order valence-corrected chi connectivity index (χ4v) is 3.06. The van der Waals surface area contributed by atoms with Crippen LogP contribution >= 0.6 is 33.3 Å². The SMILES string of the molecule is Cc1cc(I)c([N+](=O)[O-])cc1S(=O)(=O)Cl. The lowest BCUT2D eigenvalue weighted by Crippen LogP contribution is -1.99. The van der Waals surface area contributed by atoms with Crippen molar-refractivity contribution >= 4 is 48.0 Å². The van der Waals surface area contributed by atoms with E-state index in [4.69, 9.17) is 10.7 Å². The van der Waals surface area contributed by atoms with Crippen molar-refractivity contribution in [1.82, 2.24) is 0 Å². The van der Waals surface area contributed by atoms with Crippen molar-refractivity contribution in [2.24, 2.45) is 0 Å². The molecule has 1 aromatic carbocycles. The zero-order valence-corrected chi connectivity index (χ0v) is 11.1. The summed E-state index contributed by atoms with van der Waals surface area (Å²) in [4.78, 5) is 9.70. The molecule has 5 nitrogen and oxygen atoms in total. The highest BCUT2D eigenvalue weighted by Gasteiger charge is 2.21. The molecule has 0 fully saturated rings. The van der Waals surface area contributed by atoms with Crippen molar-refractivity contribution in [2.45, 2.75) is 11.8 Å². The van der Waals surface area contributed by atoms with Crippen LogP contribution in [0, 0.1) is 20.6 Å². The first kappa shape index (κ1) is 12.7. The molecule has 8 heteroatoms. The molecule has 0 amide bonds. The topological polar surface area (TPSA) is 77.3 Å². The third-order valence-electron chi connectivity index (χ3n) is 1.70. The molecule has 15 heavy (non-hydrogen) atoms. The van der Waals surface area contributed by atoms with Gasteiger partial charge in [-0.3, -0.25) is 10.1 Å². The van der Waals surface area contributed by atoms with Gasteiger partial charge in [-0.25, -0.2) is 8.42 Å². The van der Waals surface area contributed by atoms with E-state index in [0.29, 0.717) is 9.13 Å². The summed E-state index contributed by atoms with van der Waals surface area (Å²) in [7, 11) is 1.20. The van der Waals surface area contributed by atoms with Crippen LogP contribution in [0.5, 0.6) is 0 Å². The quantitative estimate of drug-likeness (QED) is 0.351. The van der Waals surface area contributed by atoms with Gasteiger partial charge in [0.25, 0.3) is 14.7 Å². The number of hydrogen-bond donors (Lipinski definition) is 0. The van der Waals surface area contributed by atoms with Crippen LogP contribution in [0.2, 0.25) is 0 Å². The van der Waals surface area contributed by atoms with Crippen LogP contribution in [-0.4, -0.2) is 13.3 Å². The van der Waals surface area contributed by atoms with Gasteiger partial charge in [-0.1, -0.05) is 0 Å². The molecular formula is C7H5ClINO4S. The number of nitrogens with zero attached hydrogens (tertiary/aromatic N) is 1. The lowest BCUT2D eigenvalue weighted by atomic mass is 10.2. The number of benzene rings is 1. The Morgan fingerprint density at radius 2 is 2.00 bits per heavy atom. The normalized spacial score (nSPS) is 11.4. The van der Waals surface area contributed by atoms with Crippen molar-refractivity contribution in [3.63, 3.8) is 0 Å². The van der Waals surface area contributed by atoms with E-state index in [0.717, 1.165) is 6.07 Å². The van der Waals surface area contributed by atoms with Gasteiger partial charge in [0.15, 0.2) is 0 Å². The van der Waals surface area contributed by atoms with E-state index in [2.05, 4.69) is 0 Å². The number of nitro groups is 1. The van der Waals surface area contributed by atoms with Crippen molar-refractivity contribution in [3.05, 3.63) is 31.4 Å². The van der Waals surface area contributed by atoms with E-state index < -0.39 is 14.0 Å². The Kier molecular flexibility index (Phi) is 3.56. The van der Waals surface area contributed by atoms with Crippen LogP contribution in [0.15, 0.2) is 17.0 Å². The molecule has 82 valence electrons. The highest BCUT2D eigenvalue weighted by molar-refractivity contribution is 14.1. The minimum Gasteiger partial charge on any atom is -0.258 e. The van der Waals surface area contributed by atoms with Gasteiger partial charge < -0.3 is 0 Å². The largest absolute Gasteiger partial charge is 0.284 e.